The number of halogens is 2. The fraction of sp³-hybridized carbons (Fsp3) is 0.400. The van der Waals surface area contributed by atoms with Crippen molar-refractivity contribution in [2.24, 2.45) is 17.8 Å². The first-order valence-electron chi connectivity index (χ1n) is 11.1. The summed E-state index contributed by atoms with van der Waals surface area (Å²) in [5.74, 6) is -7.15. The maximum absolute atomic E-state index is 15.1. The maximum Gasteiger partial charge on any atom is 0.328 e. The summed E-state index contributed by atoms with van der Waals surface area (Å²) >= 11 is 0. The predicted octanol–water partition coefficient (Wildman–Crippen LogP) is 3.77. The van der Waals surface area contributed by atoms with Crippen molar-refractivity contribution in [3.05, 3.63) is 59.9 Å². The molecular formula is C25H25F2N3O4S. The Bertz CT molecular complexity index is 1320. The lowest BCUT2D eigenvalue weighted by Crippen LogP contribution is -2.65. The molecule has 1 aliphatic carbocycles. The number of hydrogen-bond acceptors (Lipinski definition) is 6. The lowest BCUT2D eigenvalue weighted by molar-refractivity contribution is -0.157. The SMILES string of the molecule is C[C@H]1OC(=O)[C@]2(NS(C)(=O)=O)CC(F)(F)[C@@H](C)[C@H](C=Cc3ccc(-c4ccccc4C#N)cn3)[C@H]12. The van der Waals surface area contributed by atoms with Crippen LogP contribution in [0.15, 0.2) is 48.7 Å². The van der Waals surface area contributed by atoms with E-state index in [4.69, 9.17) is 4.74 Å². The van der Waals surface area contributed by atoms with Crippen molar-refractivity contribution in [1.82, 2.24) is 9.71 Å². The smallest absolute Gasteiger partial charge is 0.328 e. The number of carbonyl (C=O) groups is 1. The van der Waals surface area contributed by atoms with Crippen LogP contribution in [0.4, 0.5) is 8.78 Å². The van der Waals surface area contributed by atoms with Gasteiger partial charge in [0, 0.05) is 35.6 Å². The first kappa shape index (κ1) is 24.9. The molecule has 0 unspecified atom stereocenters. The highest BCUT2D eigenvalue weighted by Gasteiger charge is 2.69. The number of allylic oxidation sites excluding steroid dienone is 1. The maximum atomic E-state index is 15.1. The molecule has 0 spiro atoms. The molecule has 0 amide bonds. The number of aromatic nitrogens is 1. The second-order valence-electron chi connectivity index (χ2n) is 9.27. The molecule has 1 saturated heterocycles. The van der Waals surface area contributed by atoms with E-state index in [0.29, 0.717) is 11.3 Å². The largest absolute Gasteiger partial charge is 0.461 e. The number of carbonyl (C=O) groups excluding carboxylic acids is 1. The molecule has 5 atom stereocenters. The fourth-order valence-electron chi connectivity index (χ4n) is 5.31. The highest BCUT2D eigenvalue weighted by molar-refractivity contribution is 7.88. The third kappa shape index (κ3) is 4.58. The van der Waals surface area contributed by atoms with Crippen LogP contribution in [0.5, 0.6) is 0 Å². The third-order valence-electron chi connectivity index (χ3n) is 6.91. The molecule has 1 saturated carbocycles. The van der Waals surface area contributed by atoms with Gasteiger partial charge in [0.25, 0.3) is 5.92 Å². The summed E-state index contributed by atoms with van der Waals surface area (Å²) in [7, 11) is -3.98. The summed E-state index contributed by atoms with van der Waals surface area (Å²) in [4.78, 5) is 17.1. The zero-order valence-corrected chi connectivity index (χ0v) is 20.2. The molecule has 4 rings (SSSR count). The number of ether oxygens (including phenoxy) is 1. The topological polar surface area (TPSA) is 109 Å². The standard InChI is InChI=1S/C25H25F2N3O4S/c1-15-20(11-10-19-9-8-18(13-29-19)21-7-5-4-6-17(21)12-28)22-16(2)34-23(31)24(22,14-25(15,26)27)30-35(3,32)33/h4-11,13,15-16,20,22,30H,14H2,1-3H3/t15-,16+,20-,22-,24-/m0/s1. The van der Waals surface area contributed by atoms with Crippen LogP contribution < -0.4 is 4.72 Å². The van der Waals surface area contributed by atoms with Crippen LogP contribution in [0.2, 0.25) is 0 Å². The normalized spacial score (nSPS) is 30.0. The summed E-state index contributed by atoms with van der Waals surface area (Å²) in [6, 6.07) is 12.7. The van der Waals surface area contributed by atoms with Gasteiger partial charge in [-0.05, 0) is 31.1 Å². The van der Waals surface area contributed by atoms with Gasteiger partial charge < -0.3 is 4.74 Å². The molecule has 2 aliphatic rings. The van der Waals surface area contributed by atoms with Crippen LogP contribution in [0, 0.1) is 29.1 Å². The zero-order chi connectivity index (χ0) is 25.6. The summed E-state index contributed by atoms with van der Waals surface area (Å²) in [6.07, 6.45) is 3.86. The van der Waals surface area contributed by atoms with E-state index in [2.05, 4.69) is 15.8 Å². The van der Waals surface area contributed by atoms with Crippen LogP contribution in [-0.4, -0.2) is 43.2 Å². The number of fused-ring (bicyclic) bond motifs is 1. The minimum atomic E-state index is -3.98. The Morgan fingerprint density at radius 1 is 1.23 bits per heavy atom. The van der Waals surface area contributed by atoms with E-state index in [1.807, 2.05) is 12.1 Å². The van der Waals surface area contributed by atoms with Crippen LogP contribution in [0.3, 0.4) is 0 Å². The van der Waals surface area contributed by atoms with Gasteiger partial charge in [0.2, 0.25) is 10.0 Å². The molecule has 0 radical (unpaired) electrons. The van der Waals surface area contributed by atoms with E-state index in [0.717, 1.165) is 17.4 Å². The molecule has 184 valence electrons. The van der Waals surface area contributed by atoms with Gasteiger partial charge in [0.05, 0.1) is 23.6 Å². The van der Waals surface area contributed by atoms with E-state index in [1.54, 1.807) is 49.5 Å². The molecule has 1 aromatic heterocycles. The second-order valence-corrected chi connectivity index (χ2v) is 11.0. The lowest BCUT2D eigenvalue weighted by Gasteiger charge is -2.47. The quantitative estimate of drug-likeness (QED) is 0.625. The van der Waals surface area contributed by atoms with E-state index in [1.165, 1.54) is 6.92 Å². The van der Waals surface area contributed by atoms with Gasteiger partial charge in [-0.3, -0.25) is 4.98 Å². The number of nitriles is 1. The van der Waals surface area contributed by atoms with E-state index in [-0.39, 0.29) is 0 Å². The fourth-order valence-corrected chi connectivity index (χ4v) is 6.26. The third-order valence-corrected chi connectivity index (χ3v) is 7.64. The average molecular weight is 502 g/mol. The molecule has 0 bridgehead atoms. The zero-order valence-electron chi connectivity index (χ0n) is 19.4. The van der Waals surface area contributed by atoms with Gasteiger partial charge >= 0.3 is 5.97 Å². The number of pyridine rings is 1. The number of benzene rings is 1. The monoisotopic (exact) mass is 501 g/mol. The van der Waals surface area contributed by atoms with Crippen molar-refractivity contribution < 1.29 is 26.7 Å². The van der Waals surface area contributed by atoms with E-state index in [9.17, 15) is 18.5 Å². The van der Waals surface area contributed by atoms with Crippen LogP contribution in [0.25, 0.3) is 17.2 Å². The Morgan fingerprint density at radius 3 is 2.57 bits per heavy atom. The Hall–Kier alpha value is -3.16. The molecule has 1 aromatic carbocycles. The number of rotatable bonds is 5. The Balaban J connectivity index is 1.68. The molecule has 7 nitrogen and oxygen atoms in total. The minimum absolute atomic E-state index is 0.490. The van der Waals surface area contributed by atoms with Crippen molar-refractivity contribution in [2.75, 3.05) is 6.26 Å². The Kier molecular flexibility index (Phi) is 6.28. The predicted molar refractivity (Wildman–Crippen MR) is 125 cm³/mol. The van der Waals surface area contributed by atoms with Gasteiger partial charge in [-0.15, -0.1) is 0 Å². The first-order chi connectivity index (χ1) is 16.4. The Labute approximate surface area is 202 Å². The number of hydrogen-bond donors (Lipinski definition) is 1. The van der Waals surface area contributed by atoms with Gasteiger partial charge in [-0.1, -0.05) is 37.3 Å². The van der Waals surface area contributed by atoms with Crippen LogP contribution in [0.1, 0.15) is 31.5 Å². The highest BCUT2D eigenvalue weighted by atomic mass is 32.2. The summed E-state index contributed by atoms with van der Waals surface area (Å²) < 4.78 is 61.8. The van der Waals surface area contributed by atoms with Gasteiger partial charge in [0.1, 0.15) is 11.6 Å². The molecule has 2 heterocycles. The number of alkyl halides is 2. The van der Waals surface area contributed by atoms with Crippen molar-refractivity contribution >= 4 is 22.1 Å². The van der Waals surface area contributed by atoms with Crippen molar-refractivity contribution in [3.8, 4) is 17.2 Å². The van der Waals surface area contributed by atoms with Crippen molar-refractivity contribution in [3.63, 3.8) is 0 Å². The molecule has 10 heteroatoms. The summed E-state index contributed by atoms with van der Waals surface area (Å²) in [6.45, 7) is 2.98. The minimum Gasteiger partial charge on any atom is -0.461 e. The molecule has 2 fully saturated rings. The molecular weight excluding hydrogens is 476 g/mol. The van der Waals surface area contributed by atoms with Crippen molar-refractivity contribution in [2.45, 2.75) is 37.8 Å². The number of nitrogens with one attached hydrogen (secondary N) is 1. The second kappa shape index (κ2) is 8.81. The van der Waals surface area contributed by atoms with E-state index >= 15 is 8.78 Å². The number of cyclic esters (lactones) is 1. The molecule has 35 heavy (non-hydrogen) atoms. The number of esters is 1. The lowest BCUT2D eigenvalue weighted by atomic mass is 9.61. The summed E-state index contributed by atoms with van der Waals surface area (Å²) in [5.41, 5.74) is 0.410. The van der Waals surface area contributed by atoms with Gasteiger partial charge in [-0.25, -0.2) is 22.0 Å². The summed E-state index contributed by atoms with van der Waals surface area (Å²) in [5, 5.41) is 9.32. The van der Waals surface area contributed by atoms with E-state index < -0.39 is 57.7 Å². The Morgan fingerprint density at radius 2 is 1.94 bits per heavy atom. The molecule has 2 aromatic rings. The number of nitrogens with zero attached hydrogens (tertiary/aromatic N) is 2. The van der Waals surface area contributed by atoms with Crippen LogP contribution in [-0.2, 0) is 19.6 Å². The van der Waals surface area contributed by atoms with Crippen molar-refractivity contribution in [1.29, 1.82) is 5.26 Å². The molecule has 1 N–H and O–H groups in total. The van der Waals surface area contributed by atoms with Gasteiger partial charge in [0.15, 0.2) is 0 Å². The molecule has 1 aliphatic heterocycles. The number of sulfonamides is 1. The van der Waals surface area contributed by atoms with Crippen LogP contribution >= 0.6 is 0 Å². The highest BCUT2D eigenvalue weighted by Crippen LogP contribution is 2.55. The van der Waals surface area contributed by atoms with Gasteiger partial charge in [-0.2, -0.15) is 9.98 Å². The average Bonchev–Trinajstić information content (AvgIpc) is 3.01. The first-order valence-corrected chi connectivity index (χ1v) is 13.0.